The van der Waals surface area contributed by atoms with Gasteiger partial charge in [-0.1, -0.05) is 42.5 Å². The summed E-state index contributed by atoms with van der Waals surface area (Å²) in [7, 11) is 0. The molecule has 5 nitrogen and oxygen atoms in total. The van der Waals surface area contributed by atoms with Crippen molar-refractivity contribution in [1.29, 1.82) is 0 Å². The minimum Gasteiger partial charge on any atom is -0.511 e. The Morgan fingerprint density at radius 3 is 2.60 bits per heavy atom. The Labute approximate surface area is 145 Å². The molecule has 0 atom stereocenters. The van der Waals surface area contributed by atoms with Crippen LogP contribution in [0.4, 0.5) is 0 Å². The van der Waals surface area contributed by atoms with E-state index in [-0.39, 0.29) is 23.5 Å². The van der Waals surface area contributed by atoms with Crippen molar-refractivity contribution in [2.45, 2.75) is 25.7 Å². The van der Waals surface area contributed by atoms with Crippen LogP contribution >= 0.6 is 0 Å². The molecule has 0 aliphatic heterocycles. The summed E-state index contributed by atoms with van der Waals surface area (Å²) in [5.41, 5.74) is 1.51. The summed E-state index contributed by atoms with van der Waals surface area (Å²) >= 11 is 0. The van der Waals surface area contributed by atoms with Gasteiger partial charge in [0.25, 0.3) is 0 Å². The molecule has 0 spiro atoms. The van der Waals surface area contributed by atoms with Crippen LogP contribution in [0.25, 0.3) is 10.8 Å². The standard InChI is InChI=1S/C20H19NO4/c22-17-10-4-9-16(21-12-19(24)25)20(17)18(23)11-14-7-3-6-13-5-1-2-8-15(13)14/h1-3,5-8,23H,4,9-12H2,(H,24,25). The van der Waals surface area contributed by atoms with Gasteiger partial charge < -0.3 is 10.2 Å². The summed E-state index contributed by atoms with van der Waals surface area (Å²) in [6, 6.07) is 13.7. The maximum absolute atomic E-state index is 12.3. The van der Waals surface area contributed by atoms with E-state index in [1.54, 1.807) is 0 Å². The molecular formula is C20H19NO4. The van der Waals surface area contributed by atoms with E-state index in [0.29, 0.717) is 25.0 Å². The van der Waals surface area contributed by atoms with Gasteiger partial charge in [0.2, 0.25) is 0 Å². The Morgan fingerprint density at radius 2 is 1.80 bits per heavy atom. The molecule has 128 valence electrons. The zero-order valence-corrected chi connectivity index (χ0v) is 13.7. The van der Waals surface area contributed by atoms with Gasteiger partial charge in [-0.05, 0) is 29.2 Å². The van der Waals surface area contributed by atoms with Gasteiger partial charge in [0.05, 0.1) is 5.57 Å². The number of Topliss-reactive ketones (excluding diaryl/α,β-unsaturated/α-hetero) is 1. The maximum Gasteiger partial charge on any atom is 0.325 e. The van der Waals surface area contributed by atoms with Gasteiger partial charge >= 0.3 is 5.97 Å². The average molecular weight is 337 g/mol. The second-order valence-electron chi connectivity index (χ2n) is 6.07. The van der Waals surface area contributed by atoms with Gasteiger partial charge in [-0.3, -0.25) is 14.6 Å². The number of hydrogen-bond donors (Lipinski definition) is 2. The van der Waals surface area contributed by atoms with Crippen molar-refractivity contribution in [3.63, 3.8) is 0 Å². The van der Waals surface area contributed by atoms with Crippen molar-refractivity contribution in [3.8, 4) is 0 Å². The van der Waals surface area contributed by atoms with Gasteiger partial charge in [-0.25, -0.2) is 0 Å². The number of carbonyl (C=O) groups excluding carboxylic acids is 1. The lowest BCUT2D eigenvalue weighted by atomic mass is 9.88. The monoisotopic (exact) mass is 337 g/mol. The van der Waals surface area contributed by atoms with E-state index < -0.39 is 12.5 Å². The predicted octanol–water partition coefficient (Wildman–Crippen LogP) is 3.47. The fraction of sp³-hybridized carbons (Fsp3) is 0.250. The number of carbonyl (C=O) groups is 2. The fourth-order valence-corrected chi connectivity index (χ4v) is 3.19. The average Bonchev–Trinajstić information content (AvgIpc) is 2.60. The second-order valence-corrected chi connectivity index (χ2v) is 6.07. The first-order chi connectivity index (χ1) is 12.1. The Morgan fingerprint density at radius 1 is 1.04 bits per heavy atom. The van der Waals surface area contributed by atoms with Gasteiger partial charge in [0.1, 0.15) is 12.3 Å². The van der Waals surface area contributed by atoms with Crippen molar-refractivity contribution < 1.29 is 19.8 Å². The van der Waals surface area contributed by atoms with Crippen molar-refractivity contribution in [2.24, 2.45) is 4.99 Å². The van der Waals surface area contributed by atoms with E-state index in [0.717, 1.165) is 16.3 Å². The van der Waals surface area contributed by atoms with Gasteiger partial charge in [0.15, 0.2) is 5.78 Å². The first-order valence-electron chi connectivity index (χ1n) is 8.23. The molecule has 0 heterocycles. The second kappa shape index (κ2) is 7.30. The smallest absolute Gasteiger partial charge is 0.325 e. The highest BCUT2D eigenvalue weighted by Crippen LogP contribution is 2.25. The zero-order valence-electron chi connectivity index (χ0n) is 13.7. The lowest BCUT2D eigenvalue weighted by molar-refractivity contribution is -0.135. The van der Waals surface area contributed by atoms with Crippen molar-refractivity contribution >= 4 is 28.2 Å². The van der Waals surface area contributed by atoms with E-state index in [9.17, 15) is 14.7 Å². The first-order valence-corrected chi connectivity index (χ1v) is 8.23. The number of rotatable bonds is 4. The SMILES string of the molecule is O=C(O)CN=C1CCCC(=O)C1=C(O)Cc1cccc2ccccc12. The summed E-state index contributed by atoms with van der Waals surface area (Å²) in [4.78, 5) is 27.1. The van der Waals surface area contributed by atoms with E-state index in [1.165, 1.54) is 0 Å². The molecule has 0 bridgehead atoms. The van der Waals surface area contributed by atoms with Crippen LogP contribution < -0.4 is 0 Å². The normalized spacial score (nSPS) is 18.6. The fourth-order valence-electron chi connectivity index (χ4n) is 3.19. The summed E-state index contributed by atoms with van der Waals surface area (Å²) < 4.78 is 0. The molecular weight excluding hydrogens is 318 g/mol. The molecule has 5 heteroatoms. The molecule has 0 amide bonds. The topological polar surface area (TPSA) is 87.0 Å². The molecule has 2 aromatic rings. The van der Waals surface area contributed by atoms with Crippen LogP contribution in [0.5, 0.6) is 0 Å². The van der Waals surface area contributed by atoms with Crippen LogP contribution in [-0.2, 0) is 16.0 Å². The minimum atomic E-state index is -1.06. The molecule has 0 unspecified atom stereocenters. The number of aliphatic imine (C=N–C) groups is 1. The third kappa shape index (κ3) is 3.76. The van der Waals surface area contributed by atoms with Crippen molar-refractivity contribution in [1.82, 2.24) is 0 Å². The third-order valence-electron chi connectivity index (χ3n) is 4.32. The van der Waals surface area contributed by atoms with Crippen LogP contribution in [0.15, 0.2) is 58.8 Å². The molecule has 0 saturated heterocycles. The number of carboxylic acids is 1. The Kier molecular flexibility index (Phi) is 4.93. The van der Waals surface area contributed by atoms with E-state index in [2.05, 4.69) is 4.99 Å². The van der Waals surface area contributed by atoms with Crippen molar-refractivity contribution in [3.05, 3.63) is 59.4 Å². The number of allylic oxidation sites excluding steroid dienone is 2. The molecule has 1 aliphatic rings. The van der Waals surface area contributed by atoms with Crippen LogP contribution in [0.3, 0.4) is 0 Å². The summed E-state index contributed by atoms with van der Waals surface area (Å²) in [6.07, 6.45) is 1.70. The summed E-state index contributed by atoms with van der Waals surface area (Å²) in [5.74, 6) is -1.27. The number of ketones is 1. The van der Waals surface area contributed by atoms with Crippen LogP contribution in [0.2, 0.25) is 0 Å². The predicted molar refractivity (Wildman–Crippen MR) is 96.1 cm³/mol. The highest BCUT2D eigenvalue weighted by molar-refractivity contribution is 6.24. The van der Waals surface area contributed by atoms with Gasteiger partial charge in [0, 0.05) is 18.6 Å². The molecule has 0 radical (unpaired) electrons. The van der Waals surface area contributed by atoms with Crippen molar-refractivity contribution in [2.75, 3.05) is 6.54 Å². The lowest BCUT2D eigenvalue weighted by Crippen LogP contribution is -2.23. The van der Waals surface area contributed by atoms with E-state index in [1.807, 2.05) is 42.5 Å². The number of aliphatic hydroxyl groups excluding tert-OH is 1. The van der Waals surface area contributed by atoms with Gasteiger partial charge in [-0.15, -0.1) is 0 Å². The number of fused-ring (bicyclic) bond motifs is 1. The Hall–Kier alpha value is -2.95. The summed E-state index contributed by atoms with van der Waals surface area (Å²) in [6.45, 7) is -0.395. The Balaban J connectivity index is 1.99. The molecule has 1 fully saturated rings. The molecule has 2 aromatic carbocycles. The molecule has 0 aromatic heterocycles. The molecule has 1 aliphatic carbocycles. The quantitative estimate of drug-likeness (QED) is 0.660. The maximum atomic E-state index is 12.3. The molecule has 3 rings (SSSR count). The zero-order chi connectivity index (χ0) is 17.8. The number of carboxylic acid groups (broad SMARTS) is 1. The minimum absolute atomic E-state index is 0.0369. The number of hydrogen-bond acceptors (Lipinski definition) is 4. The molecule has 2 N–H and O–H groups in total. The van der Waals surface area contributed by atoms with Crippen LogP contribution in [0, 0.1) is 0 Å². The highest BCUT2D eigenvalue weighted by Gasteiger charge is 2.25. The first kappa shape index (κ1) is 16.9. The largest absolute Gasteiger partial charge is 0.511 e. The lowest BCUT2D eigenvalue weighted by Gasteiger charge is -2.18. The number of nitrogens with zero attached hydrogens (tertiary/aromatic N) is 1. The van der Waals surface area contributed by atoms with E-state index >= 15 is 0 Å². The van der Waals surface area contributed by atoms with Gasteiger partial charge in [-0.2, -0.15) is 0 Å². The molecule has 25 heavy (non-hydrogen) atoms. The number of aliphatic carboxylic acids is 1. The van der Waals surface area contributed by atoms with Crippen LogP contribution in [0.1, 0.15) is 24.8 Å². The summed E-state index contributed by atoms with van der Waals surface area (Å²) in [5, 5.41) is 21.5. The molecule has 1 saturated carbocycles. The van der Waals surface area contributed by atoms with Crippen LogP contribution in [-0.4, -0.2) is 34.2 Å². The van der Waals surface area contributed by atoms with E-state index in [4.69, 9.17) is 5.11 Å². The third-order valence-corrected chi connectivity index (χ3v) is 4.32. The Bertz CT molecular complexity index is 890. The number of aliphatic hydroxyl groups is 1. The number of benzene rings is 2. The highest BCUT2D eigenvalue weighted by atomic mass is 16.4.